The molecule has 1 aromatic carbocycles. The number of benzene rings is 1. The van der Waals surface area contributed by atoms with Gasteiger partial charge in [-0.3, -0.25) is 4.79 Å². The predicted molar refractivity (Wildman–Crippen MR) is 126 cm³/mol. The van der Waals surface area contributed by atoms with E-state index in [4.69, 9.17) is 17.2 Å². The molecule has 204 valence electrons. The molecule has 0 heterocycles. The third-order valence-electron chi connectivity index (χ3n) is 6.33. The van der Waals surface area contributed by atoms with Crippen molar-refractivity contribution in [1.29, 1.82) is 5.26 Å². The van der Waals surface area contributed by atoms with Gasteiger partial charge in [0.1, 0.15) is 5.84 Å². The highest BCUT2D eigenvalue weighted by Gasteiger charge is 2.45. The van der Waals surface area contributed by atoms with Crippen molar-refractivity contribution in [1.82, 2.24) is 5.32 Å². The number of nitrogens with two attached hydrogens (primary N) is 3. The summed E-state index contributed by atoms with van der Waals surface area (Å²) in [6, 6.07) is 5.90. The van der Waals surface area contributed by atoms with E-state index in [-0.39, 0.29) is 41.0 Å². The fourth-order valence-electron chi connectivity index (χ4n) is 3.79. The Hall–Kier alpha value is -3.27. The molecule has 13 heteroatoms. The van der Waals surface area contributed by atoms with Crippen molar-refractivity contribution < 1.29 is 31.1 Å². The van der Waals surface area contributed by atoms with Gasteiger partial charge >= 0.3 is 12.4 Å². The first-order valence-corrected chi connectivity index (χ1v) is 11.6. The molecule has 0 spiro atoms. The fraction of sp³-hybridized carbons (Fsp3) is 0.542. The summed E-state index contributed by atoms with van der Waals surface area (Å²) in [6.45, 7) is 1.26. The standard InChI is InChI=1S/C18H21F3N6O.C6H9F3/c19-18(20,21)11-1-4-13(5-2-11)27-16(24)14(17(25)28)9-26-15-6-3-12(23)7-10(15)8-22;1-4(5-2-3-5)6(7,8)9/h1-2,4-5,9-10,12,15,26H,3,6-7,23H2,(H2,24,27)(H2,25,28);4-5H,2-3H2,1H3/b14-9+;/t10?,12-,15+;4-/m11/s1. The second-order valence-electron chi connectivity index (χ2n) is 9.21. The van der Waals surface area contributed by atoms with Crippen molar-refractivity contribution in [3.63, 3.8) is 0 Å². The molecule has 7 N–H and O–H groups in total. The van der Waals surface area contributed by atoms with E-state index < -0.39 is 29.7 Å². The first-order valence-electron chi connectivity index (χ1n) is 11.6. The minimum absolute atomic E-state index is 0.0476. The molecule has 3 rings (SSSR count). The number of nitriles is 1. The summed E-state index contributed by atoms with van der Waals surface area (Å²) in [5.74, 6) is -2.58. The third-order valence-corrected chi connectivity index (χ3v) is 6.33. The van der Waals surface area contributed by atoms with Crippen molar-refractivity contribution in [3.05, 3.63) is 41.6 Å². The summed E-state index contributed by atoms with van der Waals surface area (Å²) in [5.41, 5.74) is 16.2. The van der Waals surface area contributed by atoms with Crippen LogP contribution in [0.1, 0.15) is 44.6 Å². The molecule has 2 aliphatic rings. The van der Waals surface area contributed by atoms with Gasteiger partial charge in [0.05, 0.1) is 34.7 Å². The van der Waals surface area contributed by atoms with Crippen LogP contribution in [-0.4, -0.2) is 30.0 Å². The molecule has 2 saturated carbocycles. The van der Waals surface area contributed by atoms with Gasteiger partial charge in [0, 0.05) is 18.3 Å². The highest BCUT2D eigenvalue weighted by Crippen LogP contribution is 2.44. The Morgan fingerprint density at radius 1 is 1.11 bits per heavy atom. The molecule has 1 unspecified atom stereocenters. The monoisotopic (exact) mass is 532 g/mol. The van der Waals surface area contributed by atoms with Gasteiger partial charge in [0.25, 0.3) is 5.91 Å². The first kappa shape index (κ1) is 30.0. The fourth-order valence-corrected chi connectivity index (χ4v) is 3.79. The maximum Gasteiger partial charge on any atom is 0.416 e. The van der Waals surface area contributed by atoms with E-state index in [2.05, 4.69) is 16.4 Å². The molecular weight excluding hydrogens is 502 g/mol. The van der Waals surface area contributed by atoms with E-state index in [0.717, 1.165) is 43.5 Å². The molecule has 0 bridgehead atoms. The highest BCUT2D eigenvalue weighted by atomic mass is 19.4. The van der Waals surface area contributed by atoms with Crippen LogP contribution >= 0.6 is 0 Å². The van der Waals surface area contributed by atoms with Gasteiger partial charge in [-0.1, -0.05) is 6.92 Å². The summed E-state index contributed by atoms with van der Waals surface area (Å²) < 4.78 is 73.0. The Morgan fingerprint density at radius 3 is 2.14 bits per heavy atom. The summed E-state index contributed by atoms with van der Waals surface area (Å²) in [6.07, 6.45) is -3.71. The van der Waals surface area contributed by atoms with Crippen LogP contribution < -0.4 is 22.5 Å². The molecule has 0 aliphatic heterocycles. The topological polar surface area (TPSA) is 143 Å². The zero-order valence-electron chi connectivity index (χ0n) is 20.1. The smallest absolute Gasteiger partial charge is 0.386 e. The molecule has 0 aromatic heterocycles. The molecule has 37 heavy (non-hydrogen) atoms. The number of amides is 1. The highest BCUT2D eigenvalue weighted by molar-refractivity contribution is 6.20. The number of alkyl halides is 6. The molecule has 4 atom stereocenters. The Balaban J connectivity index is 0.000000449. The second-order valence-corrected chi connectivity index (χ2v) is 9.21. The van der Waals surface area contributed by atoms with Crippen LogP contribution in [0.4, 0.5) is 32.0 Å². The number of amidine groups is 1. The Bertz CT molecular complexity index is 1020. The molecule has 0 saturated heterocycles. The number of carbonyl (C=O) groups is 1. The Kier molecular flexibility index (Phi) is 9.97. The van der Waals surface area contributed by atoms with Crippen LogP contribution in [0.3, 0.4) is 0 Å². The minimum Gasteiger partial charge on any atom is -0.386 e. The van der Waals surface area contributed by atoms with Crippen LogP contribution in [0.5, 0.6) is 0 Å². The van der Waals surface area contributed by atoms with Crippen molar-refractivity contribution >= 4 is 17.4 Å². The van der Waals surface area contributed by atoms with E-state index >= 15 is 0 Å². The number of aliphatic imine (C=N–C) groups is 1. The van der Waals surface area contributed by atoms with E-state index in [1.165, 1.54) is 13.1 Å². The van der Waals surface area contributed by atoms with Crippen molar-refractivity contribution in [3.8, 4) is 6.07 Å². The van der Waals surface area contributed by atoms with Crippen LogP contribution in [0.2, 0.25) is 0 Å². The molecule has 7 nitrogen and oxygen atoms in total. The maximum absolute atomic E-state index is 12.6. The van der Waals surface area contributed by atoms with Crippen molar-refractivity contribution in [2.24, 2.45) is 39.9 Å². The summed E-state index contributed by atoms with van der Waals surface area (Å²) in [7, 11) is 0. The third kappa shape index (κ3) is 9.27. The molecule has 0 radical (unpaired) electrons. The molecule has 1 aromatic rings. The number of rotatable bonds is 6. The molecule has 2 fully saturated rings. The average molecular weight is 533 g/mol. The van der Waals surface area contributed by atoms with Crippen molar-refractivity contribution in [2.45, 2.75) is 63.5 Å². The number of primary amides is 1. The van der Waals surface area contributed by atoms with Crippen LogP contribution in [0.25, 0.3) is 0 Å². The second kappa shape index (κ2) is 12.3. The Morgan fingerprint density at radius 2 is 1.70 bits per heavy atom. The average Bonchev–Trinajstić information content (AvgIpc) is 3.64. The van der Waals surface area contributed by atoms with E-state index in [0.29, 0.717) is 12.8 Å². The zero-order valence-corrected chi connectivity index (χ0v) is 20.1. The van der Waals surface area contributed by atoms with E-state index in [9.17, 15) is 36.4 Å². The number of nitrogens with zero attached hydrogens (tertiary/aromatic N) is 2. The van der Waals surface area contributed by atoms with Gasteiger partial charge in [-0.2, -0.15) is 31.6 Å². The van der Waals surface area contributed by atoms with Gasteiger partial charge in [-0.15, -0.1) is 0 Å². The quantitative estimate of drug-likeness (QED) is 0.187. The number of halogens is 6. The van der Waals surface area contributed by atoms with Crippen molar-refractivity contribution in [2.75, 3.05) is 0 Å². The largest absolute Gasteiger partial charge is 0.416 e. The minimum atomic E-state index is -4.46. The molecule has 2 aliphatic carbocycles. The van der Waals surface area contributed by atoms with Crippen LogP contribution in [0, 0.1) is 29.1 Å². The lowest BCUT2D eigenvalue weighted by molar-refractivity contribution is -0.174. The van der Waals surface area contributed by atoms with Gasteiger partial charge in [0.2, 0.25) is 0 Å². The molecular formula is C24H30F6N6O. The zero-order chi connectivity index (χ0) is 28.0. The van der Waals surface area contributed by atoms with Gasteiger partial charge in [0.15, 0.2) is 0 Å². The number of carbonyl (C=O) groups excluding carboxylic acids is 1. The SMILES string of the molecule is C[C@H](C1CC1)C(F)(F)F.N#CC1C[C@H](N)CC[C@@H]1N/C=C(/C(N)=O)C(N)=Nc1ccc(C(F)(F)F)cc1. The predicted octanol–water partition coefficient (Wildman–Crippen LogP) is 4.27. The van der Waals surface area contributed by atoms with Gasteiger partial charge in [-0.25, -0.2) is 4.99 Å². The van der Waals surface area contributed by atoms with Crippen LogP contribution in [-0.2, 0) is 11.0 Å². The lowest BCUT2D eigenvalue weighted by Gasteiger charge is -2.30. The van der Waals surface area contributed by atoms with Gasteiger partial charge < -0.3 is 22.5 Å². The number of hydrogen-bond donors (Lipinski definition) is 4. The van der Waals surface area contributed by atoms with Gasteiger partial charge in [-0.05, 0) is 62.3 Å². The normalized spacial score (nSPS) is 23.8. The maximum atomic E-state index is 12.6. The number of hydrogen-bond acceptors (Lipinski definition) is 5. The van der Waals surface area contributed by atoms with Crippen LogP contribution in [0.15, 0.2) is 41.0 Å². The summed E-state index contributed by atoms with van der Waals surface area (Å²) in [4.78, 5) is 15.7. The Labute approximate surface area is 210 Å². The summed E-state index contributed by atoms with van der Waals surface area (Å²) >= 11 is 0. The lowest BCUT2D eigenvalue weighted by atomic mass is 9.83. The molecule has 1 amide bonds. The van der Waals surface area contributed by atoms with E-state index in [1.54, 1.807) is 0 Å². The summed E-state index contributed by atoms with van der Waals surface area (Å²) in [5, 5.41) is 12.2. The first-order chi connectivity index (χ1) is 17.1. The van der Waals surface area contributed by atoms with E-state index in [1.807, 2.05) is 0 Å². The number of nitrogens with one attached hydrogen (secondary N) is 1. The lowest BCUT2D eigenvalue weighted by Crippen LogP contribution is -2.42.